The zero-order valence-electron chi connectivity index (χ0n) is 12.7. The molecule has 25 heavy (non-hydrogen) atoms. The van der Waals surface area contributed by atoms with Gasteiger partial charge < -0.3 is 4.74 Å². The summed E-state index contributed by atoms with van der Waals surface area (Å²) < 4.78 is 57.6. The van der Waals surface area contributed by atoms with Crippen molar-refractivity contribution in [2.24, 2.45) is 0 Å². The molecule has 0 spiro atoms. The van der Waals surface area contributed by atoms with E-state index in [9.17, 15) is 22.4 Å². The van der Waals surface area contributed by atoms with Gasteiger partial charge >= 0.3 is 6.18 Å². The maximum atomic E-state index is 14.1. The SMILES string of the molecule is CCOC(=S)Cc1cc(-n2ncc(C(F)(F)F)cc2=O)c(F)cc1Cl. The molecule has 0 saturated heterocycles. The number of hydrogen-bond donors (Lipinski definition) is 0. The van der Waals surface area contributed by atoms with Gasteiger partial charge in [-0.25, -0.2) is 4.39 Å². The van der Waals surface area contributed by atoms with Gasteiger partial charge in [-0.15, -0.1) is 0 Å². The molecule has 0 fully saturated rings. The Hall–Kier alpha value is -2.00. The first-order valence-corrected chi connectivity index (χ1v) is 7.72. The summed E-state index contributed by atoms with van der Waals surface area (Å²) >= 11 is 10.9. The minimum absolute atomic E-state index is 0.0447. The molecule has 2 aromatic rings. The smallest absolute Gasteiger partial charge is 0.418 e. The third-order valence-corrected chi connectivity index (χ3v) is 3.73. The molecule has 1 aromatic carbocycles. The second-order valence-corrected chi connectivity index (χ2v) is 5.73. The first kappa shape index (κ1) is 19.3. The van der Waals surface area contributed by atoms with E-state index in [1.807, 2.05) is 0 Å². The summed E-state index contributed by atoms with van der Waals surface area (Å²) in [6, 6.07) is 2.47. The monoisotopic (exact) mass is 394 g/mol. The van der Waals surface area contributed by atoms with Crippen LogP contribution in [0.4, 0.5) is 17.6 Å². The van der Waals surface area contributed by atoms with Crippen LogP contribution in [0.25, 0.3) is 5.69 Å². The predicted octanol–water partition coefficient (Wildman–Crippen LogP) is 3.95. The maximum absolute atomic E-state index is 14.1. The fraction of sp³-hybridized carbons (Fsp3) is 0.267. The maximum Gasteiger partial charge on any atom is 0.418 e. The summed E-state index contributed by atoms with van der Waals surface area (Å²) in [5, 5.41) is 3.65. The molecule has 0 radical (unpaired) electrons. The van der Waals surface area contributed by atoms with Gasteiger partial charge in [0.2, 0.25) is 0 Å². The summed E-state index contributed by atoms with van der Waals surface area (Å²) in [6.07, 6.45) is -4.21. The van der Waals surface area contributed by atoms with Crippen LogP contribution in [0.2, 0.25) is 5.02 Å². The van der Waals surface area contributed by atoms with Crippen LogP contribution in [0.1, 0.15) is 18.1 Å². The van der Waals surface area contributed by atoms with Crippen LogP contribution in [0.5, 0.6) is 0 Å². The molecule has 0 unspecified atom stereocenters. The summed E-state index contributed by atoms with van der Waals surface area (Å²) in [7, 11) is 0. The third-order valence-electron chi connectivity index (χ3n) is 3.11. The van der Waals surface area contributed by atoms with Crippen molar-refractivity contribution < 1.29 is 22.3 Å². The van der Waals surface area contributed by atoms with Gasteiger partial charge in [0.05, 0.1) is 18.4 Å². The van der Waals surface area contributed by atoms with Gasteiger partial charge in [0, 0.05) is 17.5 Å². The quantitative estimate of drug-likeness (QED) is 0.582. The largest absolute Gasteiger partial charge is 0.487 e. The molecule has 1 heterocycles. The van der Waals surface area contributed by atoms with E-state index >= 15 is 0 Å². The molecule has 0 aliphatic rings. The summed E-state index contributed by atoms with van der Waals surface area (Å²) in [6.45, 7) is 2.07. The zero-order valence-corrected chi connectivity index (χ0v) is 14.3. The van der Waals surface area contributed by atoms with Crippen LogP contribution in [0.15, 0.2) is 29.2 Å². The second kappa shape index (κ2) is 7.49. The molecule has 4 nitrogen and oxygen atoms in total. The molecule has 0 aliphatic heterocycles. The summed E-state index contributed by atoms with van der Waals surface area (Å²) in [5.41, 5.74) is -2.34. The van der Waals surface area contributed by atoms with Gasteiger partial charge in [-0.05, 0) is 36.8 Å². The first-order chi connectivity index (χ1) is 11.6. The van der Waals surface area contributed by atoms with Gasteiger partial charge in [0.25, 0.3) is 5.56 Å². The molecule has 0 amide bonds. The minimum atomic E-state index is -4.72. The van der Waals surface area contributed by atoms with E-state index in [2.05, 4.69) is 5.10 Å². The highest BCUT2D eigenvalue weighted by Gasteiger charge is 2.32. The standard InChI is InChI=1S/C15H11ClF4N2O2S/c1-2-24-14(25)4-8-3-12(11(17)6-10(8)16)22-13(23)5-9(7-21-22)15(18,19)20/h3,5-7H,2,4H2,1H3. The van der Waals surface area contributed by atoms with Crippen molar-refractivity contribution in [3.05, 3.63) is 56.7 Å². The molecular weight excluding hydrogens is 384 g/mol. The predicted molar refractivity (Wildman–Crippen MR) is 87.7 cm³/mol. The normalized spacial score (nSPS) is 11.4. The van der Waals surface area contributed by atoms with Crippen LogP contribution in [-0.4, -0.2) is 21.4 Å². The lowest BCUT2D eigenvalue weighted by Gasteiger charge is -2.12. The lowest BCUT2D eigenvalue weighted by molar-refractivity contribution is -0.138. The molecular formula is C15H11ClF4N2O2S. The van der Waals surface area contributed by atoms with E-state index in [1.165, 1.54) is 6.07 Å². The van der Waals surface area contributed by atoms with E-state index in [1.54, 1.807) is 6.92 Å². The summed E-state index contributed by atoms with van der Waals surface area (Å²) in [4.78, 5) is 11.9. The molecule has 0 N–H and O–H groups in total. The number of hydrogen-bond acceptors (Lipinski definition) is 4. The van der Waals surface area contributed by atoms with E-state index in [0.717, 1.165) is 6.07 Å². The third kappa shape index (κ3) is 4.55. The molecule has 0 bridgehead atoms. The topological polar surface area (TPSA) is 44.1 Å². The van der Waals surface area contributed by atoms with Gasteiger partial charge in [-0.2, -0.15) is 23.0 Å². The summed E-state index contributed by atoms with van der Waals surface area (Å²) in [5.74, 6) is -0.912. The zero-order chi connectivity index (χ0) is 18.8. The van der Waals surface area contributed by atoms with E-state index in [0.29, 0.717) is 29.1 Å². The van der Waals surface area contributed by atoms with Crippen molar-refractivity contribution in [3.63, 3.8) is 0 Å². The molecule has 0 aliphatic carbocycles. The number of aromatic nitrogens is 2. The first-order valence-electron chi connectivity index (χ1n) is 6.94. The van der Waals surface area contributed by atoms with E-state index in [4.69, 9.17) is 28.6 Å². The Labute approximate surface area is 150 Å². The van der Waals surface area contributed by atoms with Gasteiger partial charge in [-0.1, -0.05) is 11.6 Å². The average Bonchev–Trinajstić information content (AvgIpc) is 2.49. The Morgan fingerprint density at radius 1 is 1.36 bits per heavy atom. The Bertz CT molecular complexity index is 868. The number of ether oxygens (including phenoxy) is 1. The number of nitrogens with zero attached hydrogens (tertiary/aromatic N) is 2. The molecule has 0 saturated carbocycles. The lowest BCUT2D eigenvalue weighted by Crippen LogP contribution is -2.24. The van der Waals surface area contributed by atoms with Crippen LogP contribution in [-0.2, 0) is 17.3 Å². The Balaban J connectivity index is 2.49. The molecule has 0 atom stereocenters. The highest BCUT2D eigenvalue weighted by atomic mass is 35.5. The number of benzene rings is 1. The fourth-order valence-corrected chi connectivity index (χ4v) is 2.48. The van der Waals surface area contributed by atoms with Crippen LogP contribution in [0.3, 0.4) is 0 Å². The number of halogens is 5. The number of alkyl halides is 3. The molecule has 134 valence electrons. The van der Waals surface area contributed by atoms with Crippen molar-refractivity contribution in [2.45, 2.75) is 19.5 Å². The lowest BCUT2D eigenvalue weighted by atomic mass is 10.1. The van der Waals surface area contributed by atoms with E-state index < -0.39 is 23.1 Å². The fourth-order valence-electron chi connectivity index (χ4n) is 1.99. The van der Waals surface area contributed by atoms with Crippen LogP contribution >= 0.6 is 23.8 Å². The highest BCUT2D eigenvalue weighted by molar-refractivity contribution is 7.80. The van der Waals surface area contributed by atoms with Crippen molar-refractivity contribution >= 4 is 28.9 Å². The van der Waals surface area contributed by atoms with Crippen molar-refractivity contribution in [2.75, 3.05) is 6.61 Å². The van der Waals surface area contributed by atoms with Crippen molar-refractivity contribution in [1.82, 2.24) is 9.78 Å². The minimum Gasteiger partial charge on any atom is -0.487 e. The molecule has 1 aromatic heterocycles. The van der Waals surface area contributed by atoms with Crippen LogP contribution in [0, 0.1) is 5.82 Å². The number of rotatable bonds is 4. The average molecular weight is 395 g/mol. The molecule has 10 heteroatoms. The number of thiocarbonyl (C=S) groups is 1. The van der Waals surface area contributed by atoms with Gasteiger partial charge in [-0.3, -0.25) is 4.79 Å². The van der Waals surface area contributed by atoms with Crippen LogP contribution < -0.4 is 5.56 Å². The van der Waals surface area contributed by atoms with Crippen molar-refractivity contribution in [1.29, 1.82) is 0 Å². The Morgan fingerprint density at radius 2 is 2.04 bits per heavy atom. The van der Waals surface area contributed by atoms with E-state index in [-0.39, 0.29) is 22.2 Å². The van der Waals surface area contributed by atoms with Crippen molar-refractivity contribution in [3.8, 4) is 5.69 Å². The Kier molecular flexibility index (Phi) is 5.79. The van der Waals surface area contributed by atoms with Gasteiger partial charge in [0.15, 0.2) is 10.9 Å². The Morgan fingerprint density at radius 3 is 2.60 bits per heavy atom. The highest BCUT2D eigenvalue weighted by Crippen LogP contribution is 2.28. The van der Waals surface area contributed by atoms with Gasteiger partial charge in [0.1, 0.15) is 5.69 Å². The molecule has 2 rings (SSSR count). The second-order valence-electron chi connectivity index (χ2n) is 4.87.